The first kappa shape index (κ1) is 13.1. The van der Waals surface area contributed by atoms with Crippen molar-refractivity contribution in [2.75, 3.05) is 5.32 Å². The third-order valence-corrected chi connectivity index (χ3v) is 3.25. The number of halogens is 2. The van der Waals surface area contributed by atoms with Gasteiger partial charge >= 0.3 is 0 Å². The summed E-state index contributed by atoms with van der Waals surface area (Å²) in [6.45, 7) is 5.69. The van der Waals surface area contributed by atoms with Gasteiger partial charge in [-0.25, -0.2) is 9.97 Å². The van der Waals surface area contributed by atoms with Crippen LogP contribution in [0.5, 0.6) is 0 Å². The predicted octanol–water partition coefficient (Wildman–Crippen LogP) is 4.45. The Morgan fingerprint density at radius 3 is 2.50 bits per heavy atom. The van der Waals surface area contributed by atoms with Gasteiger partial charge in [0.2, 0.25) is 0 Å². The molecule has 0 aliphatic carbocycles. The summed E-state index contributed by atoms with van der Waals surface area (Å²) in [5, 5.41) is 4.38. The summed E-state index contributed by atoms with van der Waals surface area (Å²) < 4.78 is 0. The molecule has 0 radical (unpaired) electrons. The maximum Gasteiger partial charge on any atom is 0.138 e. The second kappa shape index (κ2) is 5.12. The molecule has 1 N–H and O–H groups in total. The monoisotopic (exact) mass is 281 g/mol. The van der Waals surface area contributed by atoms with Crippen molar-refractivity contribution in [1.29, 1.82) is 0 Å². The minimum absolute atomic E-state index is 0.463. The Kier molecular flexibility index (Phi) is 3.73. The summed E-state index contributed by atoms with van der Waals surface area (Å²) in [5.41, 5.74) is 2.83. The summed E-state index contributed by atoms with van der Waals surface area (Å²) in [6, 6.07) is 5.67. The SMILES string of the molecule is Cc1nc(Cl)c(C)c(Nc2cc(Cl)ccc2C)n1. The van der Waals surface area contributed by atoms with Crippen LogP contribution in [0, 0.1) is 20.8 Å². The summed E-state index contributed by atoms with van der Waals surface area (Å²) >= 11 is 12.0. The van der Waals surface area contributed by atoms with Crippen LogP contribution in [0.3, 0.4) is 0 Å². The average Bonchev–Trinajstić information content (AvgIpc) is 2.30. The highest BCUT2D eigenvalue weighted by Gasteiger charge is 2.09. The number of benzene rings is 1. The number of anilines is 2. The van der Waals surface area contributed by atoms with Gasteiger partial charge in [-0.2, -0.15) is 0 Å². The fraction of sp³-hybridized carbons (Fsp3) is 0.231. The van der Waals surface area contributed by atoms with Crippen LogP contribution in [0.25, 0.3) is 0 Å². The van der Waals surface area contributed by atoms with Crippen molar-refractivity contribution in [3.63, 3.8) is 0 Å². The largest absolute Gasteiger partial charge is 0.340 e. The van der Waals surface area contributed by atoms with Crippen LogP contribution in [-0.4, -0.2) is 9.97 Å². The second-order valence-electron chi connectivity index (χ2n) is 4.12. The maximum atomic E-state index is 6.04. The standard InChI is InChI=1S/C13H13Cl2N3/c1-7-4-5-10(14)6-11(7)18-13-8(2)12(15)16-9(3)17-13/h4-6H,1-3H3,(H,16,17,18). The van der Waals surface area contributed by atoms with Gasteiger partial charge in [0.1, 0.15) is 16.8 Å². The molecule has 2 rings (SSSR count). The van der Waals surface area contributed by atoms with E-state index >= 15 is 0 Å². The van der Waals surface area contributed by atoms with Crippen molar-refractivity contribution in [2.45, 2.75) is 20.8 Å². The molecule has 5 heteroatoms. The van der Waals surface area contributed by atoms with Crippen molar-refractivity contribution < 1.29 is 0 Å². The molecule has 0 saturated heterocycles. The molecule has 1 heterocycles. The van der Waals surface area contributed by atoms with Crippen molar-refractivity contribution in [3.05, 3.63) is 45.3 Å². The van der Waals surface area contributed by atoms with E-state index in [1.54, 1.807) is 6.92 Å². The first-order valence-electron chi connectivity index (χ1n) is 5.51. The van der Waals surface area contributed by atoms with E-state index in [9.17, 15) is 0 Å². The Labute approximate surface area is 116 Å². The predicted molar refractivity (Wildman–Crippen MR) is 76.0 cm³/mol. The van der Waals surface area contributed by atoms with Crippen molar-refractivity contribution >= 4 is 34.7 Å². The lowest BCUT2D eigenvalue weighted by Gasteiger charge is -2.12. The smallest absolute Gasteiger partial charge is 0.138 e. The highest BCUT2D eigenvalue weighted by molar-refractivity contribution is 6.31. The van der Waals surface area contributed by atoms with Crippen molar-refractivity contribution in [3.8, 4) is 0 Å². The van der Waals surface area contributed by atoms with E-state index in [1.807, 2.05) is 32.0 Å². The normalized spacial score (nSPS) is 10.5. The van der Waals surface area contributed by atoms with E-state index in [0.717, 1.165) is 16.8 Å². The second-order valence-corrected chi connectivity index (χ2v) is 4.91. The number of nitrogens with one attached hydrogen (secondary N) is 1. The van der Waals surface area contributed by atoms with E-state index in [-0.39, 0.29) is 0 Å². The fourth-order valence-corrected chi connectivity index (χ4v) is 1.96. The number of rotatable bonds is 2. The van der Waals surface area contributed by atoms with Gasteiger partial charge < -0.3 is 5.32 Å². The van der Waals surface area contributed by atoms with Gasteiger partial charge in [-0.05, 0) is 38.5 Å². The molecule has 3 nitrogen and oxygen atoms in total. The molecule has 0 amide bonds. The highest BCUT2D eigenvalue weighted by Crippen LogP contribution is 2.27. The summed E-state index contributed by atoms with van der Waals surface area (Å²) in [6.07, 6.45) is 0. The molecular formula is C13H13Cl2N3. The first-order chi connectivity index (χ1) is 8.47. The van der Waals surface area contributed by atoms with Crippen LogP contribution >= 0.6 is 23.2 Å². The number of aromatic nitrogens is 2. The highest BCUT2D eigenvalue weighted by atomic mass is 35.5. The molecule has 0 atom stereocenters. The van der Waals surface area contributed by atoms with Gasteiger partial charge in [0.25, 0.3) is 0 Å². The average molecular weight is 282 g/mol. The topological polar surface area (TPSA) is 37.8 Å². The zero-order chi connectivity index (χ0) is 13.3. The quantitative estimate of drug-likeness (QED) is 0.827. The molecule has 0 spiro atoms. The van der Waals surface area contributed by atoms with Crippen molar-refractivity contribution in [2.24, 2.45) is 0 Å². The van der Waals surface area contributed by atoms with E-state index in [4.69, 9.17) is 23.2 Å². The summed E-state index contributed by atoms with van der Waals surface area (Å²) in [7, 11) is 0. The number of nitrogens with zero attached hydrogens (tertiary/aromatic N) is 2. The fourth-order valence-electron chi connectivity index (χ4n) is 1.57. The van der Waals surface area contributed by atoms with Crippen LogP contribution in [0.4, 0.5) is 11.5 Å². The molecule has 1 aromatic heterocycles. The Hall–Kier alpha value is -1.32. The van der Waals surface area contributed by atoms with Gasteiger partial charge in [0.05, 0.1) is 0 Å². The molecule has 18 heavy (non-hydrogen) atoms. The number of hydrogen-bond donors (Lipinski definition) is 1. The molecule has 1 aromatic carbocycles. The molecule has 0 bridgehead atoms. The van der Waals surface area contributed by atoms with E-state index in [1.165, 1.54) is 0 Å². The third-order valence-electron chi connectivity index (χ3n) is 2.65. The van der Waals surface area contributed by atoms with Gasteiger partial charge in [0, 0.05) is 16.3 Å². The van der Waals surface area contributed by atoms with Gasteiger partial charge in [0.15, 0.2) is 0 Å². The van der Waals surface area contributed by atoms with Crippen LogP contribution in [0.2, 0.25) is 10.2 Å². The van der Waals surface area contributed by atoms with E-state index < -0.39 is 0 Å². The summed E-state index contributed by atoms with van der Waals surface area (Å²) in [5.74, 6) is 1.34. The molecule has 2 aromatic rings. The lowest BCUT2D eigenvalue weighted by atomic mass is 10.2. The van der Waals surface area contributed by atoms with Crippen LogP contribution in [0.15, 0.2) is 18.2 Å². The lowest BCUT2D eigenvalue weighted by molar-refractivity contribution is 1.04. The Morgan fingerprint density at radius 1 is 1.06 bits per heavy atom. The molecule has 94 valence electrons. The molecule has 0 unspecified atom stereocenters. The van der Waals surface area contributed by atoms with Crippen LogP contribution in [0.1, 0.15) is 17.0 Å². The zero-order valence-electron chi connectivity index (χ0n) is 10.4. The maximum absolute atomic E-state index is 6.04. The minimum atomic E-state index is 0.463. The Balaban J connectivity index is 2.43. The van der Waals surface area contributed by atoms with E-state index in [0.29, 0.717) is 21.8 Å². The molecule has 0 saturated carbocycles. The summed E-state index contributed by atoms with van der Waals surface area (Å²) in [4.78, 5) is 8.45. The zero-order valence-corrected chi connectivity index (χ0v) is 11.9. The van der Waals surface area contributed by atoms with E-state index in [2.05, 4.69) is 15.3 Å². The number of aryl methyl sites for hydroxylation is 2. The van der Waals surface area contributed by atoms with Gasteiger partial charge in [-0.1, -0.05) is 29.3 Å². The lowest BCUT2D eigenvalue weighted by Crippen LogP contribution is -2.02. The molecular weight excluding hydrogens is 269 g/mol. The molecule has 0 aliphatic rings. The third kappa shape index (κ3) is 2.74. The van der Waals surface area contributed by atoms with Gasteiger partial charge in [-0.3, -0.25) is 0 Å². The van der Waals surface area contributed by atoms with Gasteiger partial charge in [-0.15, -0.1) is 0 Å². The molecule has 0 aliphatic heterocycles. The number of hydrogen-bond acceptors (Lipinski definition) is 3. The minimum Gasteiger partial charge on any atom is -0.340 e. The Morgan fingerprint density at radius 2 is 1.78 bits per heavy atom. The van der Waals surface area contributed by atoms with Crippen LogP contribution < -0.4 is 5.32 Å². The Bertz CT molecular complexity index is 597. The van der Waals surface area contributed by atoms with Crippen molar-refractivity contribution in [1.82, 2.24) is 9.97 Å². The van der Waals surface area contributed by atoms with Crippen LogP contribution in [-0.2, 0) is 0 Å². The first-order valence-corrected chi connectivity index (χ1v) is 6.27. The molecule has 0 fully saturated rings.